The molecule has 0 saturated carbocycles. The van der Waals surface area contributed by atoms with E-state index in [9.17, 15) is 4.57 Å². The van der Waals surface area contributed by atoms with Crippen molar-refractivity contribution in [1.29, 1.82) is 0 Å². The second-order valence-electron chi connectivity index (χ2n) is 5.64. The van der Waals surface area contributed by atoms with Crippen molar-refractivity contribution >= 4 is 7.82 Å². The minimum Gasteiger partial charge on any atom is -0.404 e. The summed E-state index contributed by atoms with van der Waals surface area (Å²) >= 11 is 0. The molecule has 0 heterocycles. The van der Waals surface area contributed by atoms with Gasteiger partial charge in [-0.3, -0.25) is 9.05 Å². The van der Waals surface area contributed by atoms with Gasteiger partial charge in [0.15, 0.2) is 0 Å². The predicted molar refractivity (Wildman–Crippen MR) is 94.9 cm³/mol. The van der Waals surface area contributed by atoms with Gasteiger partial charge >= 0.3 is 7.82 Å². The van der Waals surface area contributed by atoms with E-state index < -0.39 is 7.82 Å². The highest BCUT2D eigenvalue weighted by Crippen LogP contribution is 2.49. The van der Waals surface area contributed by atoms with Gasteiger partial charge in [-0.05, 0) is 25.0 Å². The Morgan fingerprint density at radius 3 is 1.91 bits per heavy atom. The van der Waals surface area contributed by atoms with Crippen molar-refractivity contribution in [3.63, 3.8) is 0 Å². The molecule has 0 aromatic heterocycles. The van der Waals surface area contributed by atoms with E-state index in [-0.39, 0.29) is 0 Å². The number of phosphoric acid groups is 1. The van der Waals surface area contributed by atoms with Gasteiger partial charge < -0.3 is 4.52 Å². The van der Waals surface area contributed by atoms with Gasteiger partial charge in [0.05, 0.1) is 13.2 Å². The van der Waals surface area contributed by atoms with Crippen LogP contribution in [0.25, 0.3) is 0 Å². The van der Waals surface area contributed by atoms with Crippen LogP contribution in [0, 0.1) is 0 Å². The number of unbranched alkanes of at least 4 members (excludes halogenated alkanes) is 6. The maximum Gasteiger partial charge on any atom is 0.530 e. The molecule has 132 valence electrons. The number of benzene rings is 1. The molecule has 0 N–H and O–H groups in total. The van der Waals surface area contributed by atoms with Crippen LogP contribution in [0.2, 0.25) is 0 Å². The first-order valence-corrected chi connectivity index (χ1v) is 10.3. The van der Waals surface area contributed by atoms with Gasteiger partial charge in [0, 0.05) is 0 Å². The van der Waals surface area contributed by atoms with Crippen LogP contribution >= 0.6 is 7.82 Å². The summed E-state index contributed by atoms with van der Waals surface area (Å²) in [7, 11) is -3.54. The van der Waals surface area contributed by atoms with Gasteiger partial charge in [-0.25, -0.2) is 4.57 Å². The predicted octanol–water partition coefficient (Wildman–Crippen LogP) is 6.37. The van der Waals surface area contributed by atoms with E-state index >= 15 is 0 Å². The number of para-hydroxylation sites is 1. The minimum absolute atomic E-state index is 0.397. The Bertz CT molecular complexity index is 436. The molecule has 23 heavy (non-hydrogen) atoms. The number of rotatable bonds is 14. The van der Waals surface area contributed by atoms with Gasteiger partial charge in [-0.1, -0.05) is 70.6 Å². The monoisotopic (exact) mass is 342 g/mol. The molecule has 0 aliphatic carbocycles. The van der Waals surface area contributed by atoms with Crippen molar-refractivity contribution in [3.8, 4) is 5.75 Å². The first kappa shape index (κ1) is 20.2. The summed E-state index contributed by atoms with van der Waals surface area (Å²) in [4.78, 5) is 0. The number of phosphoric ester groups is 1. The lowest BCUT2D eigenvalue weighted by Gasteiger charge is -2.18. The summed E-state index contributed by atoms with van der Waals surface area (Å²) in [6.45, 7) is 5.10. The molecule has 0 spiro atoms. The van der Waals surface area contributed by atoms with E-state index in [1.54, 1.807) is 12.1 Å². The van der Waals surface area contributed by atoms with E-state index in [4.69, 9.17) is 13.6 Å². The van der Waals surface area contributed by atoms with E-state index in [0.29, 0.717) is 19.0 Å². The van der Waals surface area contributed by atoms with Crippen molar-refractivity contribution < 1.29 is 18.1 Å². The molecule has 4 nitrogen and oxygen atoms in total. The molecule has 0 amide bonds. The van der Waals surface area contributed by atoms with Crippen LogP contribution in [-0.4, -0.2) is 13.2 Å². The highest BCUT2D eigenvalue weighted by Gasteiger charge is 2.28. The summed E-state index contributed by atoms with van der Waals surface area (Å²) in [6.07, 6.45) is 8.56. The quantitative estimate of drug-likeness (QED) is 0.291. The standard InChI is InChI=1S/C18H31O4P/c1-3-5-7-8-13-17-21-23(19,20-16-12-6-4-2)22-18-14-10-9-11-15-18/h9-11,14-15H,3-8,12-13,16-17H2,1-2H3. The maximum atomic E-state index is 12.8. The zero-order valence-electron chi connectivity index (χ0n) is 14.5. The molecular formula is C18H31O4P. The van der Waals surface area contributed by atoms with Crippen LogP contribution in [0.1, 0.15) is 65.2 Å². The molecule has 1 unspecified atom stereocenters. The molecule has 0 aliphatic rings. The van der Waals surface area contributed by atoms with Gasteiger partial charge in [0.2, 0.25) is 0 Å². The second-order valence-corrected chi connectivity index (χ2v) is 7.23. The summed E-state index contributed by atoms with van der Waals surface area (Å²) in [6, 6.07) is 9.07. The number of hydrogen-bond acceptors (Lipinski definition) is 4. The highest BCUT2D eigenvalue weighted by molar-refractivity contribution is 7.48. The molecule has 5 heteroatoms. The summed E-state index contributed by atoms with van der Waals surface area (Å²) in [5.41, 5.74) is 0. The molecule has 1 atom stereocenters. The fourth-order valence-corrected chi connectivity index (χ4v) is 3.38. The average Bonchev–Trinajstić information content (AvgIpc) is 2.56. The van der Waals surface area contributed by atoms with E-state index in [1.165, 1.54) is 19.3 Å². The second kappa shape index (κ2) is 12.6. The van der Waals surface area contributed by atoms with Crippen molar-refractivity contribution in [3.05, 3.63) is 30.3 Å². The highest BCUT2D eigenvalue weighted by atomic mass is 31.2. The largest absolute Gasteiger partial charge is 0.530 e. The third-order valence-electron chi connectivity index (χ3n) is 3.46. The molecule has 0 radical (unpaired) electrons. The molecule has 0 bridgehead atoms. The lowest BCUT2D eigenvalue weighted by Crippen LogP contribution is -2.05. The molecule has 1 aromatic carbocycles. The van der Waals surface area contributed by atoms with E-state index in [2.05, 4.69) is 13.8 Å². The van der Waals surface area contributed by atoms with E-state index in [0.717, 1.165) is 32.1 Å². The Labute approximate surface area is 141 Å². The van der Waals surface area contributed by atoms with Crippen LogP contribution in [0.15, 0.2) is 30.3 Å². The van der Waals surface area contributed by atoms with Crippen molar-refractivity contribution in [1.82, 2.24) is 0 Å². The Balaban J connectivity index is 2.45. The zero-order chi connectivity index (χ0) is 16.8. The average molecular weight is 342 g/mol. The molecule has 0 aliphatic heterocycles. The van der Waals surface area contributed by atoms with E-state index in [1.807, 2.05) is 18.2 Å². The minimum atomic E-state index is -3.54. The Hall–Kier alpha value is -0.830. The lowest BCUT2D eigenvalue weighted by molar-refractivity contribution is 0.151. The van der Waals surface area contributed by atoms with Crippen LogP contribution < -0.4 is 4.52 Å². The molecule has 1 rings (SSSR count). The fraction of sp³-hybridized carbons (Fsp3) is 0.667. The molecule has 1 aromatic rings. The fourth-order valence-electron chi connectivity index (χ4n) is 2.11. The topological polar surface area (TPSA) is 44.8 Å². The van der Waals surface area contributed by atoms with Crippen LogP contribution in [0.5, 0.6) is 5.75 Å². The summed E-state index contributed by atoms with van der Waals surface area (Å²) in [5.74, 6) is 0.511. The molecular weight excluding hydrogens is 311 g/mol. The van der Waals surface area contributed by atoms with Crippen molar-refractivity contribution in [2.45, 2.75) is 65.2 Å². The van der Waals surface area contributed by atoms with Crippen molar-refractivity contribution in [2.24, 2.45) is 0 Å². The molecule has 0 fully saturated rings. The van der Waals surface area contributed by atoms with Crippen molar-refractivity contribution in [2.75, 3.05) is 13.2 Å². The smallest absolute Gasteiger partial charge is 0.404 e. The van der Waals surface area contributed by atoms with Gasteiger partial charge in [0.1, 0.15) is 5.75 Å². The molecule has 0 saturated heterocycles. The van der Waals surface area contributed by atoms with Crippen LogP contribution in [0.4, 0.5) is 0 Å². The number of hydrogen-bond donors (Lipinski definition) is 0. The summed E-state index contributed by atoms with van der Waals surface area (Å²) in [5, 5.41) is 0. The normalized spacial score (nSPS) is 13.7. The van der Waals surface area contributed by atoms with Gasteiger partial charge in [0.25, 0.3) is 0 Å². The Kier molecular flexibility index (Phi) is 11.1. The zero-order valence-corrected chi connectivity index (χ0v) is 15.4. The lowest BCUT2D eigenvalue weighted by atomic mass is 10.2. The van der Waals surface area contributed by atoms with Crippen LogP contribution in [-0.2, 0) is 13.6 Å². The van der Waals surface area contributed by atoms with Crippen LogP contribution in [0.3, 0.4) is 0 Å². The maximum absolute atomic E-state index is 12.8. The third-order valence-corrected chi connectivity index (χ3v) is 4.89. The Morgan fingerprint density at radius 2 is 1.30 bits per heavy atom. The first-order chi connectivity index (χ1) is 11.2. The first-order valence-electron chi connectivity index (χ1n) is 8.84. The third kappa shape index (κ3) is 9.80. The SMILES string of the molecule is CCCCCCCOP(=O)(OCCCCC)Oc1ccccc1. The van der Waals surface area contributed by atoms with Gasteiger partial charge in [-0.15, -0.1) is 0 Å². The van der Waals surface area contributed by atoms with Gasteiger partial charge in [-0.2, -0.15) is 0 Å². The summed E-state index contributed by atoms with van der Waals surface area (Å²) < 4.78 is 29.3. The Morgan fingerprint density at radius 1 is 0.783 bits per heavy atom.